The van der Waals surface area contributed by atoms with Crippen molar-refractivity contribution in [3.63, 3.8) is 0 Å². The van der Waals surface area contributed by atoms with Crippen LogP contribution in [0.3, 0.4) is 0 Å². The molecule has 0 saturated carbocycles. The van der Waals surface area contributed by atoms with E-state index in [0.29, 0.717) is 0 Å². The molecule has 2 N–H and O–H groups in total. The van der Waals surface area contributed by atoms with Gasteiger partial charge in [0.15, 0.2) is 0 Å². The number of hydrogen-bond donors (Lipinski definition) is 1. The van der Waals surface area contributed by atoms with Crippen LogP contribution in [-0.2, 0) is 0 Å². The molecule has 2 aromatic carbocycles. The van der Waals surface area contributed by atoms with Gasteiger partial charge in [-0.15, -0.1) is 11.8 Å². The van der Waals surface area contributed by atoms with Crippen LogP contribution in [0.4, 0.5) is 0 Å². The van der Waals surface area contributed by atoms with Crippen molar-refractivity contribution >= 4 is 27.7 Å². The summed E-state index contributed by atoms with van der Waals surface area (Å²) in [7, 11) is 0. The molecular weight excluding hydrogens is 346 g/mol. The molecule has 0 aromatic heterocycles. The molecule has 0 heterocycles. The first-order chi connectivity index (χ1) is 10.2. The Kier molecular flexibility index (Phi) is 6.61. The van der Waals surface area contributed by atoms with Crippen molar-refractivity contribution < 1.29 is 4.74 Å². The van der Waals surface area contributed by atoms with Crippen LogP contribution < -0.4 is 10.5 Å². The molecule has 0 radical (unpaired) electrons. The third-order valence-electron chi connectivity index (χ3n) is 3.02. The molecule has 0 aliphatic carbocycles. The van der Waals surface area contributed by atoms with E-state index in [0.717, 1.165) is 34.6 Å². The van der Waals surface area contributed by atoms with Gasteiger partial charge in [-0.05, 0) is 48.4 Å². The maximum absolute atomic E-state index is 6.25. The highest BCUT2D eigenvalue weighted by atomic mass is 79.9. The van der Waals surface area contributed by atoms with Crippen LogP contribution in [-0.4, -0.2) is 12.4 Å². The van der Waals surface area contributed by atoms with E-state index in [9.17, 15) is 0 Å². The maximum Gasteiger partial charge on any atom is 0.119 e. The van der Waals surface area contributed by atoms with Gasteiger partial charge in [0.2, 0.25) is 0 Å². The molecule has 0 aliphatic heterocycles. The number of nitrogens with two attached hydrogens (primary N) is 1. The van der Waals surface area contributed by atoms with Crippen molar-refractivity contribution in [1.29, 1.82) is 0 Å². The summed E-state index contributed by atoms with van der Waals surface area (Å²) in [4.78, 5) is 1.23. The van der Waals surface area contributed by atoms with E-state index in [2.05, 4.69) is 47.1 Å². The molecule has 0 saturated heterocycles. The lowest BCUT2D eigenvalue weighted by atomic mass is 10.1. The van der Waals surface area contributed by atoms with E-state index in [1.807, 2.05) is 24.3 Å². The molecule has 0 spiro atoms. The van der Waals surface area contributed by atoms with E-state index in [1.54, 1.807) is 11.8 Å². The number of thioether (sulfide) groups is 1. The average Bonchev–Trinajstić information content (AvgIpc) is 2.52. The molecule has 1 atom stereocenters. The molecular formula is C17H20BrNOS. The molecule has 112 valence electrons. The Balaban J connectivity index is 1.87. The molecule has 2 rings (SSSR count). The van der Waals surface area contributed by atoms with Crippen LogP contribution in [0.1, 0.15) is 24.9 Å². The smallest absolute Gasteiger partial charge is 0.119 e. The van der Waals surface area contributed by atoms with Crippen LogP contribution in [0.25, 0.3) is 0 Å². The molecule has 0 fully saturated rings. The zero-order valence-electron chi connectivity index (χ0n) is 12.1. The predicted octanol–water partition coefficient (Wildman–Crippen LogP) is 5.03. The Labute approximate surface area is 139 Å². The fraction of sp³-hybridized carbons (Fsp3) is 0.294. The molecule has 0 bridgehead atoms. The highest BCUT2D eigenvalue weighted by molar-refractivity contribution is 9.10. The van der Waals surface area contributed by atoms with E-state index < -0.39 is 0 Å². The minimum absolute atomic E-state index is 0.0267. The Morgan fingerprint density at radius 2 is 1.76 bits per heavy atom. The highest BCUT2D eigenvalue weighted by Crippen LogP contribution is 2.25. The lowest BCUT2D eigenvalue weighted by molar-refractivity contribution is 0.317. The second-order valence-corrected chi connectivity index (χ2v) is 6.80. The van der Waals surface area contributed by atoms with Crippen LogP contribution in [0, 0.1) is 0 Å². The van der Waals surface area contributed by atoms with Crippen molar-refractivity contribution in [3.05, 3.63) is 58.6 Å². The number of ether oxygens (including phenoxy) is 1. The van der Waals surface area contributed by atoms with Crippen molar-refractivity contribution in [2.75, 3.05) is 12.4 Å². The van der Waals surface area contributed by atoms with E-state index in [-0.39, 0.29) is 6.04 Å². The lowest BCUT2D eigenvalue weighted by Gasteiger charge is -2.13. The summed E-state index contributed by atoms with van der Waals surface area (Å²) in [6.07, 6.45) is 1.02. The van der Waals surface area contributed by atoms with Crippen molar-refractivity contribution in [3.8, 4) is 5.75 Å². The van der Waals surface area contributed by atoms with Gasteiger partial charge in [0.25, 0.3) is 0 Å². The third-order valence-corrected chi connectivity index (χ3v) is 4.68. The van der Waals surface area contributed by atoms with Gasteiger partial charge in [-0.2, -0.15) is 0 Å². The summed E-state index contributed by atoms with van der Waals surface area (Å²) in [6, 6.07) is 16.4. The van der Waals surface area contributed by atoms with Crippen molar-refractivity contribution in [1.82, 2.24) is 0 Å². The first-order valence-electron chi connectivity index (χ1n) is 7.05. The zero-order valence-corrected chi connectivity index (χ0v) is 14.5. The highest BCUT2D eigenvalue weighted by Gasteiger charge is 2.07. The summed E-state index contributed by atoms with van der Waals surface area (Å²) in [6.45, 7) is 2.86. The second-order valence-electron chi connectivity index (χ2n) is 4.79. The number of rotatable bonds is 7. The van der Waals surface area contributed by atoms with Crippen LogP contribution >= 0.6 is 27.7 Å². The van der Waals surface area contributed by atoms with E-state index in [4.69, 9.17) is 10.5 Å². The summed E-state index contributed by atoms with van der Waals surface area (Å²) in [5.74, 6) is 1.77. The lowest BCUT2D eigenvalue weighted by Crippen LogP contribution is -2.12. The third kappa shape index (κ3) is 5.38. The maximum atomic E-state index is 6.25. The van der Waals surface area contributed by atoms with Gasteiger partial charge in [-0.3, -0.25) is 0 Å². The van der Waals surface area contributed by atoms with Crippen LogP contribution in [0.5, 0.6) is 5.75 Å². The Hall–Kier alpha value is -0.970. The summed E-state index contributed by atoms with van der Waals surface area (Å²) >= 11 is 5.21. The van der Waals surface area contributed by atoms with Gasteiger partial charge < -0.3 is 10.5 Å². The number of benzene rings is 2. The Bertz CT molecular complexity index is 542. The standard InChI is InChI=1S/C17H20BrNOS/c1-2-11-20-15-7-3-13(4-8-15)17(19)12-21-16-9-5-14(18)6-10-16/h3-10,17H,2,11-12,19H2,1H3. The molecule has 0 amide bonds. The molecule has 21 heavy (non-hydrogen) atoms. The van der Waals surface area contributed by atoms with Gasteiger partial charge in [0.05, 0.1) is 6.61 Å². The molecule has 1 unspecified atom stereocenters. The number of halogens is 1. The van der Waals surface area contributed by atoms with Gasteiger partial charge in [-0.1, -0.05) is 35.0 Å². The van der Waals surface area contributed by atoms with Crippen molar-refractivity contribution in [2.24, 2.45) is 5.73 Å². The van der Waals surface area contributed by atoms with Gasteiger partial charge >= 0.3 is 0 Å². The molecule has 2 nitrogen and oxygen atoms in total. The SMILES string of the molecule is CCCOc1ccc(C(N)CSc2ccc(Br)cc2)cc1. The summed E-state index contributed by atoms with van der Waals surface area (Å²) in [5, 5.41) is 0. The predicted molar refractivity (Wildman–Crippen MR) is 94.0 cm³/mol. The van der Waals surface area contributed by atoms with Crippen molar-refractivity contribution in [2.45, 2.75) is 24.3 Å². The fourth-order valence-corrected chi connectivity index (χ4v) is 3.00. The van der Waals surface area contributed by atoms with Gasteiger partial charge in [0, 0.05) is 21.2 Å². The Morgan fingerprint density at radius 3 is 2.38 bits per heavy atom. The topological polar surface area (TPSA) is 35.2 Å². The Morgan fingerprint density at radius 1 is 1.10 bits per heavy atom. The summed E-state index contributed by atoms with van der Waals surface area (Å²) < 4.78 is 6.68. The minimum Gasteiger partial charge on any atom is -0.494 e. The first-order valence-corrected chi connectivity index (χ1v) is 8.83. The van der Waals surface area contributed by atoms with Gasteiger partial charge in [0.1, 0.15) is 5.75 Å². The van der Waals surface area contributed by atoms with E-state index >= 15 is 0 Å². The van der Waals surface area contributed by atoms with E-state index in [1.165, 1.54) is 4.90 Å². The zero-order chi connectivity index (χ0) is 15.1. The van der Waals surface area contributed by atoms with Crippen LogP contribution in [0.15, 0.2) is 57.9 Å². The molecule has 2 aromatic rings. The normalized spacial score (nSPS) is 12.1. The van der Waals surface area contributed by atoms with Gasteiger partial charge in [-0.25, -0.2) is 0 Å². The van der Waals surface area contributed by atoms with Crippen LogP contribution in [0.2, 0.25) is 0 Å². The first kappa shape index (κ1) is 16.4. The second kappa shape index (κ2) is 8.47. The monoisotopic (exact) mass is 365 g/mol. The summed E-state index contributed by atoms with van der Waals surface area (Å²) in [5.41, 5.74) is 7.39. The quantitative estimate of drug-likeness (QED) is 0.698. The minimum atomic E-state index is 0.0267. The fourth-order valence-electron chi connectivity index (χ4n) is 1.84. The number of hydrogen-bond acceptors (Lipinski definition) is 3. The average molecular weight is 366 g/mol. The molecule has 0 aliphatic rings. The largest absolute Gasteiger partial charge is 0.494 e. The molecule has 4 heteroatoms.